The molecule has 2 N–H and O–H groups in total. The highest BCUT2D eigenvalue weighted by molar-refractivity contribution is 5.90. The summed E-state index contributed by atoms with van der Waals surface area (Å²) in [4.78, 5) is 27.1. The Bertz CT molecular complexity index is 852. The quantitative estimate of drug-likeness (QED) is 0.822. The lowest BCUT2D eigenvalue weighted by atomic mass is 9.83. The predicted octanol–water partition coefficient (Wildman–Crippen LogP) is 4.17. The number of urea groups is 1. The first-order valence-electron chi connectivity index (χ1n) is 10.7. The number of fused-ring (bicyclic) bond motifs is 1. The van der Waals surface area contributed by atoms with Gasteiger partial charge in [0.2, 0.25) is 5.91 Å². The van der Waals surface area contributed by atoms with Gasteiger partial charge in [-0.05, 0) is 55.4 Å². The average molecular weight is 392 g/mol. The lowest BCUT2D eigenvalue weighted by Gasteiger charge is -2.32. The number of hydrogen-bond donors (Lipinski definition) is 2. The molecule has 5 heteroatoms. The number of anilines is 1. The second-order valence-electron chi connectivity index (χ2n) is 8.11. The van der Waals surface area contributed by atoms with Gasteiger partial charge >= 0.3 is 6.03 Å². The Morgan fingerprint density at radius 3 is 2.62 bits per heavy atom. The molecule has 2 aromatic carbocycles. The Balaban J connectivity index is 1.31. The molecule has 1 aliphatic carbocycles. The van der Waals surface area contributed by atoms with E-state index in [1.54, 1.807) is 4.90 Å². The van der Waals surface area contributed by atoms with Crippen molar-refractivity contribution in [3.8, 4) is 0 Å². The Morgan fingerprint density at radius 2 is 1.76 bits per heavy atom. The van der Waals surface area contributed by atoms with Gasteiger partial charge in [0.25, 0.3) is 0 Å². The van der Waals surface area contributed by atoms with Gasteiger partial charge < -0.3 is 15.5 Å². The van der Waals surface area contributed by atoms with Crippen LogP contribution in [0.25, 0.3) is 0 Å². The number of hydrogen-bond acceptors (Lipinski definition) is 2. The zero-order valence-corrected chi connectivity index (χ0v) is 16.8. The third-order valence-corrected chi connectivity index (χ3v) is 6.12. The summed E-state index contributed by atoms with van der Waals surface area (Å²) in [6, 6.07) is 17.9. The van der Waals surface area contributed by atoms with Crippen LogP contribution in [0.5, 0.6) is 0 Å². The molecule has 2 aromatic rings. The third kappa shape index (κ3) is 4.78. The monoisotopic (exact) mass is 391 g/mol. The van der Waals surface area contributed by atoms with E-state index in [0.717, 1.165) is 31.4 Å². The number of para-hydroxylation sites is 1. The van der Waals surface area contributed by atoms with Crippen LogP contribution in [-0.2, 0) is 11.2 Å². The molecule has 2 unspecified atom stereocenters. The molecule has 2 atom stereocenters. The van der Waals surface area contributed by atoms with E-state index in [4.69, 9.17) is 0 Å². The van der Waals surface area contributed by atoms with Gasteiger partial charge in [-0.2, -0.15) is 0 Å². The molecular weight excluding hydrogens is 362 g/mol. The lowest BCUT2D eigenvalue weighted by Crippen LogP contribution is -2.47. The Hall–Kier alpha value is -2.82. The molecule has 29 heavy (non-hydrogen) atoms. The van der Waals surface area contributed by atoms with Crippen molar-refractivity contribution in [3.63, 3.8) is 0 Å². The smallest absolute Gasteiger partial charge is 0.321 e. The number of aryl methyl sites for hydroxylation is 1. The highest BCUT2D eigenvalue weighted by Gasteiger charge is 2.29. The summed E-state index contributed by atoms with van der Waals surface area (Å²) >= 11 is 0. The number of nitrogens with one attached hydrogen (secondary N) is 2. The summed E-state index contributed by atoms with van der Waals surface area (Å²) in [7, 11) is 0. The number of rotatable bonds is 4. The van der Waals surface area contributed by atoms with Gasteiger partial charge in [-0.3, -0.25) is 4.79 Å². The van der Waals surface area contributed by atoms with Crippen LogP contribution in [-0.4, -0.2) is 36.5 Å². The molecule has 4 rings (SSSR count). The zero-order valence-electron chi connectivity index (χ0n) is 16.8. The Morgan fingerprint density at radius 1 is 0.966 bits per heavy atom. The number of benzene rings is 2. The molecule has 3 amide bonds. The van der Waals surface area contributed by atoms with Crippen LogP contribution < -0.4 is 10.6 Å². The van der Waals surface area contributed by atoms with E-state index < -0.39 is 0 Å². The van der Waals surface area contributed by atoms with Gasteiger partial charge in [0, 0.05) is 31.2 Å². The molecule has 5 nitrogen and oxygen atoms in total. The number of piperidine rings is 1. The molecule has 1 saturated heterocycles. The third-order valence-electron chi connectivity index (χ3n) is 6.12. The molecule has 1 heterocycles. The van der Waals surface area contributed by atoms with E-state index in [2.05, 4.69) is 34.9 Å². The largest absolute Gasteiger partial charge is 0.355 e. The van der Waals surface area contributed by atoms with Crippen LogP contribution in [0.3, 0.4) is 0 Å². The fourth-order valence-electron chi connectivity index (χ4n) is 4.53. The second kappa shape index (κ2) is 9.12. The maximum absolute atomic E-state index is 12.8. The molecule has 0 spiro atoms. The van der Waals surface area contributed by atoms with Crippen LogP contribution in [0.1, 0.15) is 42.7 Å². The first kappa shape index (κ1) is 19.5. The average Bonchev–Trinajstić information content (AvgIpc) is 2.78. The molecule has 2 aliphatic rings. The molecule has 0 aromatic heterocycles. The van der Waals surface area contributed by atoms with E-state index in [0.29, 0.717) is 25.6 Å². The minimum absolute atomic E-state index is 0.0743. The van der Waals surface area contributed by atoms with Crippen LogP contribution in [0.15, 0.2) is 54.6 Å². The highest BCUT2D eigenvalue weighted by Crippen LogP contribution is 2.31. The lowest BCUT2D eigenvalue weighted by molar-refractivity contribution is -0.126. The molecule has 0 bridgehead atoms. The maximum atomic E-state index is 12.8. The van der Waals surface area contributed by atoms with Gasteiger partial charge in [-0.25, -0.2) is 4.79 Å². The molecule has 0 saturated carbocycles. The number of amides is 3. The van der Waals surface area contributed by atoms with E-state index in [9.17, 15) is 9.59 Å². The van der Waals surface area contributed by atoms with E-state index in [1.807, 2.05) is 30.3 Å². The maximum Gasteiger partial charge on any atom is 0.321 e. The van der Waals surface area contributed by atoms with E-state index in [1.165, 1.54) is 17.5 Å². The molecule has 1 aliphatic heterocycles. The second-order valence-corrected chi connectivity index (χ2v) is 8.11. The van der Waals surface area contributed by atoms with Crippen molar-refractivity contribution in [2.75, 3.05) is 25.0 Å². The number of carbonyl (C=O) groups excluding carboxylic acids is 2. The first-order chi connectivity index (χ1) is 14.2. The Labute approximate surface area is 172 Å². The number of likely N-dealkylation sites (tertiary alicyclic amines) is 1. The first-order valence-corrected chi connectivity index (χ1v) is 10.7. The van der Waals surface area contributed by atoms with Gasteiger partial charge in [0.1, 0.15) is 0 Å². The summed E-state index contributed by atoms with van der Waals surface area (Å²) in [5.41, 5.74) is 3.58. The topological polar surface area (TPSA) is 61.4 Å². The van der Waals surface area contributed by atoms with Crippen molar-refractivity contribution in [1.82, 2.24) is 10.2 Å². The highest BCUT2D eigenvalue weighted by atomic mass is 16.2. The van der Waals surface area contributed by atoms with E-state index in [-0.39, 0.29) is 17.9 Å². The van der Waals surface area contributed by atoms with Crippen LogP contribution >= 0.6 is 0 Å². The van der Waals surface area contributed by atoms with E-state index >= 15 is 0 Å². The SMILES string of the molecule is O=C(NCC1CCCc2ccccc21)C1CCCN(C(=O)Nc2ccccc2)C1. The van der Waals surface area contributed by atoms with Crippen LogP contribution in [0, 0.1) is 5.92 Å². The van der Waals surface area contributed by atoms with Gasteiger partial charge in [0.15, 0.2) is 0 Å². The predicted molar refractivity (Wildman–Crippen MR) is 115 cm³/mol. The normalized spacial score (nSPS) is 21.2. The van der Waals surface area contributed by atoms with Gasteiger partial charge in [0.05, 0.1) is 5.92 Å². The van der Waals surface area contributed by atoms with Crippen molar-refractivity contribution >= 4 is 17.6 Å². The summed E-state index contributed by atoms with van der Waals surface area (Å²) in [6.07, 6.45) is 5.12. The standard InChI is InChI=1S/C24H29N3O2/c28-23(25-16-19-10-6-9-18-8-4-5-14-22(18)19)20-11-7-15-27(17-20)24(29)26-21-12-2-1-3-13-21/h1-5,8,12-14,19-20H,6-7,9-11,15-17H2,(H,25,28)(H,26,29). The van der Waals surface area contributed by atoms with Crippen LogP contribution in [0.4, 0.5) is 10.5 Å². The van der Waals surface area contributed by atoms with Crippen molar-refractivity contribution < 1.29 is 9.59 Å². The minimum Gasteiger partial charge on any atom is -0.355 e. The number of nitrogens with zero attached hydrogens (tertiary/aromatic N) is 1. The van der Waals surface area contributed by atoms with Gasteiger partial charge in [-0.1, -0.05) is 42.5 Å². The Kier molecular flexibility index (Phi) is 6.13. The minimum atomic E-state index is -0.135. The summed E-state index contributed by atoms with van der Waals surface area (Å²) in [6.45, 7) is 1.85. The molecule has 0 radical (unpaired) electrons. The summed E-state index contributed by atoms with van der Waals surface area (Å²) < 4.78 is 0. The number of carbonyl (C=O) groups is 2. The molecular formula is C24H29N3O2. The summed E-state index contributed by atoms with van der Waals surface area (Å²) in [5, 5.41) is 6.10. The van der Waals surface area contributed by atoms with Gasteiger partial charge in [-0.15, -0.1) is 0 Å². The van der Waals surface area contributed by atoms with Crippen molar-refractivity contribution in [2.24, 2.45) is 5.92 Å². The van der Waals surface area contributed by atoms with Crippen molar-refractivity contribution in [2.45, 2.75) is 38.0 Å². The summed E-state index contributed by atoms with van der Waals surface area (Å²) in [5.74, 6) is 0.333. The fourth-order valence-corrected chi connectivity index (χ4v) is 4.53. The molecule has 1 fully saturated rings. The van der Waals surface area contributed by atoms with Crippen molar-refractivity contribution in [1.29, 1.82) is 0 Å². The van der Waals surface area contributed by atoms with Crippen molar-refractivity contribution in [3.05, 3.63) is 65.7 Å². The zero-order chi connectivity index (χ0) is 20.1. The fraction of sp³-hybridized carbons (Fsp3) is 0.417. The van der Waals surface area contributed by atoms with Crippen LogP contribution in [0.2, 0.25) is 0 Å². The molecule has 152 valence electrons.